The van der Waals surface area contributed by atoms with E-state index in [1.165, 1.54) is 6.26 Å². The highest BCUT2D eigenvalue weighted by molar-refractivity contribution is 6.38. The average Bonchev–Trinajstić information content (AvgIpc) is 2.86. The number of carbonyl (C=O) groups excluding carboxylic acids is 3. The van der Waals surface area contributed by atoms with Gasteiger partial charge in [0.15, 0.2) is 17.3 Å². The molecule has 1 fully saturated rings. The van der Waals surface area contributed by atoms with E-state index in [1.807, 2.05) is 0 Å². The van der Waals surface area contributed by atoms with Crippen LogP contribution in [-0.2, 0) is 20.8 Å². The Hall–Kier alpha value is -1.42. The Labute approximate surface area is 122 Å². The molecular formula is C15H17ClO4. The Morgan fingerprint density at radius 3 is 2.75 bits per heavy atom. The monoisotopic (exact) mass is 296 g/mol. The third-order valence-electron chi connectivity index (χ3n) is 3.69. The van der Waals surface area contributed by atoms with E-state index < -0.39 is 22.5 Å². The topological polar surface area (TPSA) is 64.3 Å². The number of hydrogen-bond donors (Lipinski definition) is 0. The van der Waals surface area contributed by atoms with Crippen molar-refractivity contribution in [3.63, 3.8) is 0 Å². The number of alkyl halides is 1. The molecule has 1 aliphatic rings. The summed E-state index contributed by atoms with van der Waals surface area (Å²) in [6.45, 7) is 3.54. The number of carbonyl (C=O) groups is 3. The molecule has 1 aliphatic carbocycles. The molecule has 108 valence electrons. The maximum absolute atomic E-state index is 12.2. The number of hydrogen-bond acceptors (Lipinski definition) is 4. The second-order valence-corrected chi connectivity index (χ2v) is 6.31. The minimum absolute atomic E-state index is 0.111. The van der Waals surface area contributed by atoms with Crippen LogP contribution in [0.25, 0.3) is 0 Å². The molecule has 0 aromatic carbocycles. The van der Waals surface area contributed by atoms with Crippen LogP contribution in [0.5, 0.6) is 0 Å². The van der Waals surface area contributed by atoms with Crippen molar-refractivity contribution in [2.45, 2.75) is 38.5 Å². The van der Waals surface area contributed by atoms with Crippen LogP contribution in [0, 0.1) is 11.3 Å². The van der Waals surface area contributed by atoms with Gasteiger partial charge in [-0.1, -0.05) is 13.8 Å². The lowest BCUT2D eigenvalue weighted by Crippen LogP contribution is -2.49. The Kier molecular flexibility index (Phi) is 4.14. The van der Waals surface area contributed by atoms with E-state index in [9.17, 15) is 14.4 Å². The van der Waals surface area contributed by atoms with Gasteiger partial charge in [0, 0.05) is 19.3 Å². The van der Waals surface area contributed by atoms with Crippen molar-refractivity contribution >= 4 is 29.0 Å². The molecule has 1 saturated carbocycles. The van der Waals surface area contributed by atoms with Crippen molar-refractivity contribution in [2.24, 2.45) is 11.3 Å². The standard InChI is InChI=1S/C15H17ClO4/c1-15(2)8-11(18)12(13(19)14(15)16)10(17)6-5-9-4-3-7-20-9/h3-4,7,12,14H,5-6,8H2,1-2H3/t12-,14-/m1/s1. The van der Waals surface area contributed by atoms with Crippen LogP contribution in [0.3, 0.4) is 0 Å². The Bertz CT molecular complexity index is 530. The van der Waals surface area contributed by atoms with Gasteiger partial charge in [-0.05, 0) is 17.5 Å². The van der Waals surface area contributed by atoms with Gasteiger partial charge >= 0.3 is 0 Å². The quantitative estimate of drug-likeness (QED) is 0.633. The van der Waals surface area contributed by atoms with E-state index in [1.54, 1.807) is 26.0 Å². The molecule has 4 nitrogen and oxygen atoms in total. The number of halogens is 1. The first-order valence-electron chi connectivity index (χ1n) is 6.58. The second-order valence-electron chi connectivity index (χ2n) is 5.88. The van der Waals surface area contributed by atoms with Gasteiger partial charge in [-0.25, -0.2) is 0 Å². The summed E-state index contributed by atoms with van der Waals surface area (Å²) in [7, 11) is 0. The van der Waals surface area contributed by atoms with Gasteiger partial charge in [0.05, 0.1) is 11.6 Å². The third kappa shape index (κ3) is 2.85. The van der Waals surface area contributed by atoms with Crippen molar-refractivity contribution < 1.29 is 18.8 Å². The molecule has 20 heavy (non-hydrogen) atoms. The first-order chi connectivity index (χ1) is 9.33. The van der Waals surface area contributed by atoms with Gasteiger partial charge in [0.2, 0.25) is 0 Å². The highest BCUT2D eigenvalue weighted by atomic mass is 35.5. The van der Waals surface area contributed by atoms with Gasteiger partial charge in [0.25, 0.3) is 0 Å². The lowest BCUT2D eigenvalue weighted by atomic mass is 9.69. The first-order valence-corrected chi connectivity index (χ1v) is 7.02. The van der Waals surface area contributed by atoms with E-state index in [-0.39, 0.29) is 24.4 Å². The summed E-state index contributed by atoms with van der Waals surface area (Å²) < 4.78 is 5.13. The average molecular weight is 297 g/mol. The van der Waals surface area contributed by atoms with E-state index in [0.29, 0.717) is 12.2 Å². The van der Waals surface area contributed by atoms with Crippen LogP contribution >= 0.6 is 11.6 Å². The van der Waals surface area contributed by atoms with Gasteiger partial charge < -0.3 is 4.42 Å². The summed E-state index contributed by atoms with van der Waals surface area (Å²) >= 11 is 6.09. The largest absolute Gasteiger partial charge is 0.469 e. The smallest absolute Gasteiger partial charge is 0.169 e. The molecule has 0 spiro atoms. The van der Waals surface area contributed by atoms with E-state index in [2.05, 4.69) is 0 Å². The molecular weight excluding hydrogens is 280 g/mol. The van der Waals surface area contributed by atoms with Crippen LogP contribution in [0.2, 0.25) is 0 Å². The van der Waals surface area contributed by atoms with Gasteiger partial charge in [-0.15, -0.1) is 11.6 Å². The zero-order valence-corrected chi connectivity index (χ0v) is 12.3. The van der Waals surface area contributed by atoms with Crippen molar-refractivity contribution in [1.29, 1.82) is 0 Å². The Morgan fingerprint density at radius 1 is 1.45 bits per heavy atom. The molecule has 0 radical (unpaired) electrons. The van der Waals surface area contributed by atoms with Crippen LogP contribution < -0.4 is 0 Å². The summed E-state index contributed by atoms with van der Waals surface area (Å²) in [6.07, 6.45) is 2.18. The first kappa shape index (κ1) is 15.0. The molecule has 0 unspecified atom stereocenters. The predicted molar refractivity (Wildman–Crippen MR) is 73.6 cm³/mol. The molecule has 5 heteroatoms. The fraction of sp³-hybridized carbons (Fsp3) is 0.533. The Balaban J connectivity index is 2.05. The molecule has 0 N–H and O–H groups in total. The highest BCUT2D eigenvalue weighted by Crippen LogP contribution is 2.38. The van der Waals surface area contributed by atoms with Gasteiger partial charge in [-0.2, -0.15) is 0 Å². The maximum Gasteiger partial charge on any atom is 0.169 e. The molecule has 1 heterocycles. The summed E-state index contributed by atoms with van der Waals surface area (Å²) in [4.78, 5) is 36.3. The molecule has 0 aliphatic heterocycles. The van der Waals surface area contributed by atoms with Crippen molar-refractivity contribution in [3.8, 4) is 0 Å². The lowest BCUT2D eigenvalue weighted by Gasteiger charge is -2.35. The molecule has 0 amide bonds. The van der Waals surface area contributed by atoms with Gasteiger partial charge in [-0.3, -0.25) is 14.4 Å². The minimum Gasteiger partial charge on any atom is -0.469 e. The van der Waals surface area contributed by atoms with Crippen molar-refractivity contribution in [3.05, 3.63) is 24.2 Å². The second kappa shape index (κ2) is 5.52. The van der Waals surface area contributed by atoms with Crippen LogP contribution in [0.4, 0.5) is 0 Å². The zero-order chi connectivity index (χ0) is 14.9. The van der Waals surface area contributed by atoms with Crippen molar-refractivity contribution in [2.75, 3.05) is 0 Å². The number of Topliss-reactive ketones (excluding diaryl/α,β-unsaturated/α-hetero) is 3. The Morgan fingerprint density at radius 2 is 2.15 bits per heavy atom. The minimum atomic E-state index is -1.19. The van der Waals surface area contributed by atoms with Crippen molar-refractivity contribution in [1.82, 2.24) is 0 Å². The van der Waals surface area contributed by atoms with Crippen LogP contribution in [0.1, 0.15) is 32.4 Å². The number of aryl methyl sites for hydroxylation is 1. The molecule has 2 atom stereocenters. The highest BCUT2D eigenvalue weighted by Gasteiger charge is 2.49. The van der Waals surface area contributed by atoms with E-state index in [0.717, 1.165) is 0 Å². The van der Waals surface area contributed by atoms with E-state index in [4.69, 9.17) is 16.0 Å². The maximum atomic E-state index is 12.2. The summed E-state index contributed by atoms with van der Waals surface area (Å²) in [5.74, 6) is -1.67. The summed E-state index contributed by atoms with van der Waals surface area (Å²) in [6, 6.07) is 3.49. The van der Waals surface area contributed by atoms with E-state index >= 15 is 0 Å². The molecule has 1 aromatic rings. The lowest BCUT2D eigenvalue weighted by molar-refractivity contribution is -0.144. The van der Waals surface area contributed by atoms with Gasteiger partial charge in [0.1, 0.15) is 11.7 Å². The normalized spacial score (nSPS) is 25.8. The molecule has 1 aromatic heterocycles. The summed E-state index contributed by atoms with van der Waals surface area (Å²) in [5.41, 5.74) is -0.590. The number of ketones is 3. The molecule has 0 saturated heterocycles. The fourth-order valence-electron chi connectivity index (χ4n) is 2.51. The summed E-state index contributed by atoms with van der Waals surface area (Å²) in [5, 5.41) is -0.794. The molecule has 0 bridgehead atoms. The third-order valence-corrected chi connectivity index (χ3v) is 4.50. The number of furan rings is 1. The zero-order valence-electron chi connectivity index (χ0n) is 11.5. The molecule has 2 rings (SSSR count). The number of rotatable bonds is 4. The SMILES string of the molecule is CC1(C)CC(=O)[C@@H](C(=O)CCc2ccco2)C(=O)[C@H]1Cl. The van der Waals surface area contributed by atoms with Crippen LogP contribution in [0.15, 0.2) is 22.8 Å². The fourth-order valence-corrected chi connectivity index (χ4v) is 2.72. The predicted octanol–water partition coefficient (Wildman–Crippen LogP) is 2.57. The van der Waals surface area contributed by atoms with Crippen LogP contribution in [-0.4, -0.2) is 22.7 Å².